The van der Waals surface area contributed by atoms with Crippen molar-refractivity contribution in [3.63, 3.8) is 0 Å². The van der Waals surface area contributed by atoms with Crippen LogP contribution in [0.1, 0.15) is 25.8 Å². The van der Waals surface area contributed by atoms with E-state index in [4.69, 9.17) is 9.15 Å². The second-order valence-corrected chi connectivity index (χ2v) is 5.70. The first-order valence-electron chi connectivity index (χ1n) is 6.94. The van der Waals surface area contributed by atoms with Gasteiger partial charge in [0.2, 0.25) is 5.76 Å². The summed E-state index contributed by atoms with van der Waals surface area (Å²) in [5.74, 6) is -1.86. The lowest BCUT2D eigenvalue weighted by Crippen LogP contribution is -2.10. The lowest BCUT2D eigenvalue weighted by atomic mass is 10.1. The summed E-state index contributed by atoms with van der Waals surface area (Å²) in [6.07, 6.45) is 4.26. The number of esters is 1. The third-order valence-corrected chi connectivity index (χ3v) is 3.91. The number of hydrogen-bond donors (Lipinski definition) is 0. The van der Waals surface area contributed by atoms with Gasteiger partial charge in [0.05, 0.1) is 11.8 Å². The Labute approximate surface area is 140 Å². The molecule has 0 atom stereocenters. The molecule has 1 aromatic carbocycles. The van der Waals surface area contributed by atoms with Crippen molar-refractivity contribution >= 4 is 29.2 Å². The van der Waals surface area contributed by atoms with E-state index in [1.165, 1.54) is 41.9 Å². The molecule has 0 saturated carbocycles. The van der Waals surface area contributed by atoms with Crippen LogP contribution in [0.5, 0.6) is 5.75 Å². The Kier molecular flexibility index (Phi) is 4.67. The monoisotopic (exact) mass is 342 g/mol. The quantitative estimate of drug-likeness (QED) is 0.294. The minimum atomic E-state index is -0.761. The molecule has 0 radical (unpaired) electrons. The van der Waals surface area contributed by atoms with Gasteiger partial charge in [-0.1, -0.05) is 6.07 Å². The number of carbonyl (C=O) groups excluding carboxylic acids is 2. The molecular weight excluding hydrogens is 331 g/mol. The summed E-state index contributed by atoms with van der Waals surface area (Å²) < 4.78 is 23.6. The molecule has 0 aliphatic carbocycles. The van der Waals surface area contributed by atoms with E-state index in [1.807, 2.05) is 17.5 Å². The summed E-state index contributed by atoms with van der Waals surface area (Å²) >= 11 is 1.47. The van der Waals surface area contributed by atoms with Gasteiger partial charge in [-0.05, 0) is 53.9 Å². The molecule has 3 rings (SSSR count). The van der Waals surface area contributed by atoms with E-state index in [0.717, 1.165) is 17.0 Å². The zero-order valence-corrected chi connectivity index (χ0v) is 13.1. The summed E-state index contributed by atoms with van der Waals surface area (Å²) in [6.45, 7) is 0. The Balaban J connectivity index is 1.85. The highest BCUT2D eigenvalue weighted by Gasteiger charge is 2.17. The molecule has 0 bridgehead atoms. The second kappa shape index (κ2) is 7.06. The zero-order valence-electron chi connectivity index (χ0n) is 12.3. The van der Waals surface area contributed by atoms with Gasteiger partial charge in [-0.15, -0.1) is 11.3 Å². The van der Waals surface area contributed by atoms with E-state index in [1.54, 1.807) is 6.08 Å². The fourth-order valence-corrected chi connectivity index (χ4v) is 2.58. The maximum atomic E-state index is 13.5. The van der Waals surface area contributed by atoms with Crippen molar-refractivity contribution in [1.82, 2.24) is 0 Å². The summed E-state index contributed by atoms with van der Waals surface area (Å²) in [6, 6.07) is 10.1. The molecule has 2 heterocycles. The van der Waals surface area contributed by atoms with Gasteiger partial charge in [0.15, 0.2) is 5.78 Å². The topological polar surface area (TPSA) is 56.5 Å². The molecule has 0 unspecified atom stereocenters. The van der Waals surface area contributed by atoms with Crippen LogP contribution in [0.3, 0.4) is 0 Å². The van der Waals surface area contributed by atoms with Gasteiger partial charge in [-0.3, -0.25) is 4.79 Å². The fraction of sp³-hybridized carbons (Fsp3) is 0. The molecule has 120 valence electrons. The van der Waals surface area contributed by atoms with Crippen LogP contribution in [0.4, 0.5) is 4.39 Å². The molecular formula is C18H11FO4S. The number of hydrogen-bond acceptors (Lipinski definition) is 5. The first kappa shape index (κ1) is 15.9. The van der Waals surface area contributed by atoms with Gasteiger partial charge in [0.25, 0.3) is 0 Å². The summed E-state index contributed by atoms with van der Waals surface area (Å²) in [5, 5.41) is 1.88. The lowest BCUT2D eigenvalue weighted by molar-refractivity contribution is 0.0699. The molecule has 4 nitrogen and oxygen atoms in total. The van der Waals surface area contributed by atoms with Gasteiger partial charge in [0.1, 0.15) is 11.6 Å². The standard InChI is InChI=1S/C18H11FO4S/c19-12-5-8-16(23-18(21)17-4-1-9-22-17)14(11-12)15(20)7-6-13-3-2-10-24-13/h1-11H/b7-6+. The van der Waals surface area contributed by atoms with Gasteiger partial charge in [0, 0.05) is 4.88 Å². The first-order valence-corrected chi connectivity index (χ1v) is 7.82. The minimum Gasteiger partial charge on any atom is -0.457 e. The predicted octanol–water partition coefficient (Wildman–Crippen LogP) is 4.60. The number of ether oxygens (including phenoxy) is 1. The van der Waals surface area contributed by atoms with E-state index >= 15 is 0 Å². The van der Waals surface area contributed by atoms with Crippen molar-refractivity contribution in [2.75, 3.05) is 0 Å². The average molecular weight is 342 g/mol. The molecule has 24 heavy (non-hydrogen) atoms. The molecule has 0 amide bonds. The van der Waals surface area contributed by atoms with Crippen LogP contribution in [-0.4, -0.2) is 11.8 Å². The third-order valence-electron chi connectivity index (χ3n) is 3.07. The van der Waals surface area contributed by atoms with Gasteiger partial charge < -0.3 is 9.15 Å². The van der Waals surface area contributed by atoms with Crippen LogP contribution in [0.25, 0.3) is 6.08 Å². The SMILES string of the molecule is O=C(Oc1ccc(F)cc1C(=O)/C=C/c1cccs1)c1ccco1. The highest BCUT2D eigenvalue weighted by atomic mass is 32.1. The number of ketones is 1. The van der Waals surface area contributed by atoms with Gasteiger partial charge in [-0.25, -0.2) is 9.18 Å². The van der Waals surface area contributed by atoms with Gasteiger partial charge in [-0.2, -0.15) is 0 Å². The Morgan fingerprint density at radius 2 is 2.04 bits per heavy atom. The van der Waals surface area contributed by atoms with Crippen molar-refractivity contribution in [3.05, 3.63) is 82.2 Å². The van der Waals surface area contributed by atoms with E-state index < -0.39 is 17.6 Å². The highest BCUT2D eigenvalue weighted by molar-refractivity contribution is 7.10. The number of thiophene rings is 1. The van der Waals surface area contributed by atoms with Crippen LogP contribution in [0.15, 0.2) is 64.6 Å². The Morgan fingerprint density at radius 1 is 1.17 bits per heavy atom. The fourth-order valence-electron chi connectivity index (χ4n) is 1.96. The molecule has 0 N–H and O–H groups in total. The van der Waals surface area contributed by atoms with E-state index in [2.05, 4.69) is 0 Å². The molecule has 0 aliphatic rings. The number of halogens is 1. The Morgan fingerprint density at radius 3 is 2.75 bits per heavy atom. The summed E-state index contributed by atoms with van der Waals surface area (Å²) in [7, 11) is 0. The summed E-state index contributed by atoms with van der Waals surface area (Å²) in [4.78, 5) is 25.1. The van der Waals surface area contributed by atoms with Crippen LogP contribution in [0, 0.1) is 5.82 Å². The number of rotatable bonds is 5. The minimum absolute atomic E-state index is 0.00754. The largest absolute Gasteiger partial charge is 0.457 e. The zero-order chi connectivity index (χ0) is 16.9. The normalized spacial score (nSPS) is 10.9. The van der Waals surface area contributed by atoms with Crippen molar-refractivity contribution in [2.24, 2.45) is 0 Å². The lowest BCUT2D eigenvalue weighted by Gasteiger charge is -2.07. The van der Waals surface area contributed by atoms with E-state index in [0.29, 0.717) is 0 Å². The molecule has 0 spiro atoms. The molecule has 0 fully saturated rings. The molecule has 3 aromatic rings. The maximum absolute atomic E-state index is 13.5. The van der Waals surface area contributed by atoms with Crippen molar-refractivity contribution in [1.29, 1.82) is 0 Å². The predicted molar refractivity (Wildman–Crippen MR) is 87.8 cm³/mol. The van der Waals surface area contributed by atoms with Crippen LogP contribution in [0.2, 0.25) is 0 Å². The number of allylic oxidation sites excluding steroid dienone is 1. The Bertz CT molecular complexity index is 880. The maximum Gasteiger partial charge on any atom is 0.379 e. The smallest absolute Gasteiger partial charge is 0.379 e. The highest BCUT2D eigenvalue weighted by Crippen LogP contribution is 2.23. The van der Waals surface area contributed by atoms with Crippen LogP contribution in [-0.2, 0) is 0 Å². The van der Waals surface area contributed by atoms with Crippen molar-refractivity contribution in [2.45, 2.75) is 0 Å². The number of benzene rings is 1. The average Bonchev–Trinajstić information content (AvgIpc) is 3.27. The second-order valence-electron chi connectivity index (χ2n) is 4.72. The first-order chi connectivity index (χ1) is 11.6. The third kappa shape index (κ3) is 3.67. The van der Waals surface area contributed by atoms with E-state index in [-0.39, 0.29) is 17.1 Å². The van der Waals surface area contributed by atoms with Crippen molar-refractivity contribution in [3.8, 4) is 5.75 Å². The number of carbonyl (C=O) groups is 2. The molecule has 0 saturated heterocycles. The summed E-state index contributed by atoms with van der Waals surface area (Å²) in [5.41, 5.74) is -0.0392. The van der Waals surface area contributed by atoms with Crippen LogP contribution < -0.4 is 4.74 Å². The number of furan rings is 1. The van der Waals surface area contributed by atoms with E-state index in [9.17, 15) is 14.0 Å². The Hall–Kier alpha value is -2.99. The van der Waals surface area contributed by atoms with Crippen LogP contribution >= 0.6 is 11.3 Å². The van der Waals surface area contributed by atoms with Crippen molar-refractivity contribution < 1.29 is 23.1 Å². The molecule has 2 aromatic heterocycles. The molecule has 0 aliphatic heterocycles. The van der Waals surface area contributed by atoms with Gasteiger partial charge >= 0.3 is 5.97 Å². The molecule has 6 heteroatoms.